The molecule has 3 heterocycles. The lowest BCUT2D eigenvalue weighted by Crippen LogP contribution is -2.47. The molecule has 1 aromatic carbocycles. The number of carbonyl (C=O) groups is 1. The van der Waals surface area contributed by atoms with Gasteiger partial charge in [-0.25, -0.2) is 0 Å². The first-order valence-corrected chi connectivity index (χ1v) is 11.1. The molecule has 7 heteroatoms. The van der Waals surface area contributed by atoms with Crippen molar-refractivity contribution in [2.45, 2.75) is 31.8 Å². The summed E-state index contributed by atoms with van der Waals surface area (Å²) in [5, 5.41) is 14.5. The molecule has 1 amide bonds. The van der Waals surface area contributed by atoms with Crippen molar-refractivity contribution in [3.05, 3.63) is 27.8 Å². The number of nitrogens with one attached hydrogen (secondary N) is 1. The molecule has 5 rings (SSSR count). The second-order valence-electron chi connectivity index (χ2n) is 9.17. The van der Waals surface area contributed by atoms with E-state index < -0.39 is 5.60 Å². The Morgan fingerprint density at radius 1 is 1.31 bits per heavy atom. The summed E-state index contributed by atoms with van der Waals surface area (Å²) in [7, 11) is 0. The van der Waals surface area contributed by atoms with Gasteiger partial charge in [0.1, 0.15) is 5.75 Å². The van der Waals surface area contributed by atoms with Gasteiger partial charge in [-0.2, -0.15) is 0 Å². The Labute approximate surface area is 176 Å². The van der Waals surface area contributed by atoms with Crippen molar-refractivity contribution in [2.24, 2.45) is 17.8 Å². The van der Waals surface area contributed by atoms with Crippen LogP contribution in [0.1, 0.15) is 34.3 Å². The predicted octanol–water partition coefficient (Wildman–Crippen LogP) is 2.03. The monoisotopic (exact) mass is 420 g/mol. The summed E-state index contributed by atoms with van der Waals surface area (Å²) in [4.78, 5) is 15.2. The summed E-state index contributed by atoms with van der Waals surface area (Å²) < 4.78 is 11.1. The molecule has 2 N–H and O–H groups in total. The van der Waals surface area contributed by atoms with E-state index in [4.69, 9.17) is 21.1 Å². The van der Waals surface area contributed by atoms with Crippen molar-refractivity contribution in [3.8, 4) is 5.75 Å². The van der Waals surface area contributed by atoms with Gasteiger partial charge < -0.3 is 19.9 Å². The van der Waals surface area contributed by atoms with Crippen LogP contribution in [-0.2, 0) is 11.2 Å². The molecular formula is C22H29ClN2O4. The minimum absolute atomic E-state index is 0.0941. The van der Waals surface area contributed by atoms with E-state index in [1.54, 1.807) is 6.07 Å². The quantitative estimate of drug-likeness (QED) is 0.762. The molecule has 0 radical (unpaired) electrons. The van der Waals surface area contributed by atoms with Gasteiger partial charge in [-0.1, -0.05) is 11.6 Å². The summed E-state index contributed by atoms with van der Waals surface area (Å²) in [6, 6.07) is 1.74. The van der Waals surface area contributed by atoms with Crippen molar-refractivity contribution >= 4 is 17.5 Å². The summed E-state index contributed by atoms with van der Waals surface area (Å²) >= 11 is 6.33. The zero-order valence-electron chi connectivity index (χ0n) is 16.9. The number of nitrogens with zero attached hydrogens (tertiary/aromatic N) is 1. The predicted molar refractivity (Wildman–Crippen MR) is 110 cm³/mol. The molecule has 2 saturated heterocycles. The van der Waals surface area contributed by atoms with Gasteiger partial charge in [0.15, 0.2) is 0 Å². The molecular weight excluding hydrogens is 392 g/mol. The molecule has 2 atom stereocenters. The maximum atomic E-state index is 12.8. The third-order valence-electron chi connectivity index (χ3n) is 7.33. The van der Waals surface area contributed by atoms with E-state index in [2.05, 4.69) is 10.2 Å². The van der Waals surface area contributed by atoms with E-state index in [9.17, 15) is 9.90 Å². The summed E-state index contributed by atoms with van der Waals surface area (Å²) in [6.07, 6.45) is 2.26. The van der Waals surface area contributed by atoms with Crippen molar-refractivity contribution < 1.29 is 19.4 Å². The van der Waals surface area contributed by atoms with Gasteiger partial charge >= 0.3 is 0 Å². The smallest absolute Gasteiger partial charge is 0.255 e. The third kappa shape index (κ3) is 3.65. The van der Waals surface area contributed by atoms with E-state index in [-0.39, 0.29) is 5.91 Å². The van der Waals surface area contributed by atoms with Crippen LogP contribution in [0.15, 0.2) is 6.07 Å². The fourth-order valence-electron chi connectivity index (χ4n) is 5.47. The average molecular weight is 421 g/mol. The molecule has 1 saturated carbocycles. The molecule has 0 spiro atoms. The van der Waals surface area contributed by atoms with Crippen LogP contribution in [0.2, 0.25) is 5.02 Å². The number of piperidine rings is 1. The lowest BCUT2D eigenvalue weighted by Gasteiger charge is -2.36. The lowest BCUT2D eigenvalue weighted by molar-refractivity contribution is -0.0787. The minimum Gasteiger partial charge on any atom is -0.492 e. The maximum Gasteiger partial charge on any atom is 0.255 e. The normalized spacial score (nSPS) is 29.8. The van der Waals surface area contributed by atoms with Gasteiger partial charge in [0.05, 0.1) is 17.8 Å². The topological polar surface area (TPSA) is 71.0 Å². The molecule has 4 aliphatic rings. The van der Waals surface area contributed by atoms with Crippen LogP contribution in [-0.4, -0.2) is 67.5 Å². The van der Waals surface area contributed by atoms with E-state index in [1.165, 1.54) is 0 Å². The fraction of sp³-hybridized carbons (Fsp3) is 0.682. The van der Waals surface area contributed by atoms with Crippen LogP contribution in [0.3, 0.4) is 0 Å². The second-order valence-corrected chi connectivity index (χ2v) is 9.58. The molecule has 1 aromatic rings. The first-order chi connectivity index (χ1) is 14.0. The van der Waals surface area contributed by atoms with E-state index in [0.717, 1.165) is 50.0 Å². The Morgan fingerprint density at radius 3 is 2.76 bits per heavy atom. The third-order valence-corrected chi connectivity index (χ3v) is 7.72. The number of β-amino-alcohol motifs (C(OH)–C–C–N with tert-alkyl or cyclic N) is 1. The number of hydrogen-bond acceptors (Lipinski definition) is 5. The van der Waals surface area contributed by atoms with Gasteiger partial charge in [-0.3, -0.25) is 9.69 Å². The van der Waals surface area contributed by atoms with Crippen molar-refractivity contribution in [1.29, 1.82) is 0 Å². The molecule has 3 aliphatic heterocycles. The van der Waals surface area contributed by atoms with E-state index in [0.29, 0.717) is 60.5 Å². The number of hydrogen-bond donors (Lipinski definition) is 2. The van der Waals surface area contributed by atoms with Crippen LogP contribution >= 0.6 is 11.6 Å². The van der Waals surface area contributed by atoms with Crippen molar-refractivity contribution in [1.82, 2.24) is 10.2 Å². The van der Waals surface area contributed by atoms with Gasteiger partial charge in [-0.05, 0) is 36.3 Å². The number of aliphatic hydroxyl groups is 1. The lowest BCUT2D eigenvalue weighted by atomic mass is 9.93. The minimum atomic E-state index is -0.593. The molecule has 29 heavy (non-hydrogen) atoms. The number of carbonyl (C=O) groups excluding carboxylic acids is 1. The highest BCUT2D eigenvalue weighted by Gasteiger charge is 2.56. The zero-order valence-corrected chi connectivity index (χ0v) is 17.6. The molecule has 2 unspecified atom stereocenters. The van der Waals surface area contributed by atoms with Crippen LogP contribution in [0.25, 0.3) is 0 Å². The Hall–Kier alpha value is -1.34. The van der Waals surface area contributed by atoms with Crippen molar-refractivity contribution in [3.63, 3.8) is 0 Å². The maximum absolute atomic E-state index is 12.8. The number of ether oxygens (including phenoxy) is 2. The summed E-state index contributed by atoms with van der Waals surface area (Å²) in [5.74, 6) is 2.40. The number of halogens is 1. The Bertz CT molecular complexity index is 812. The zero-order chi connectivity index (χ0) is 20.2. The van der Waals surface area contributed by atoms with Gasteiger partial charge in [-0.15, -0.1) is 0 Å². The van der Waals surface area contributed by atoms with E-state index in [1.807, 2.05) is 6.92 Å². The van der Waals surface area contributed by atoms with Crippen molar-refractivity contribution in [2.75, 3.05) is 46.0 Å². The molecule has 158 valence electrons. The van der Waals surface area contributed by atoms with Gasteiger partial charge in [0, 0.05) is 69.2 Å². The Kier molecular flexibility index (Phi) is 5.01. The molecule has 1 aliphatic carbocycles. The first kappa shape index (κ1) is 19.6. The van der Waals surface area contributed by atoms with Crippen LogP contribution in [0, 0.1) is 24.7 Å². The molecule has 0 bridgehead atoms. The van der Waals surface area contributed by atoms with Crippen LogP contribution < -0.4 is 10.1 Å². The first-order valence-electron chi connectivity index (χ1n) is 10.7. The fourth-order valence-corrected chi connectivity index (χ4v) is 5.69. The molecule has 6 nitrogen and oxygen atoms in total. The number of rotatable bonds is 5. The SMILES string of the molecule is Cc1c(Cl)cc(C(=O)NCC2C3CN(CC4(O)CCOCC4)CC23)c2c1CCO2. The second kappa shape index (κ2) is 7.41. The Balaban J connectivity index is 1.14. The number of likely N-dealkylation sites (tertiary alicyclic amines) is 1. The average Bonchev–Trinajstić information content (AvgIpc) is 3.06. The molecule has 0 aromatic heterocycles. The molecule has 3 fully saturated rings. The van der Waals surface area contributed by atoms with E-state index >= 15 is 0 Å². The number of benzene rings is 1. The van der Waals surface area contributed by atoms with Gasteiger partial charge in [0.25, 0.3) is 5.91 Å². The highest BCUT2D eigenvalue weighted by Crippen LogP contribution is 2.51. The highest BCUT2D eigenvalue weighted by molar-refractivity contribution is 6.32. The van der Waals surface area contributed by atoms with Crippen LogP contribution in [0.4, 0.5) is 0 Å². The standard InChI is InChI=1S/C22H29ClN2O4/c1-13-14-2-5-29-20(14)15(8-19(13)23)21(26)24-9-16-17-10-25(11-18(16)17)12-22(27)3-6-28-7-4-22/h8,16-18,27H,2-7,9-12H2,1H3,(H,24,26). The summed E-state index contributed by atoms with van der Waals surface area (Å²) in [6.45, 7) is 7.37. The van der Waals surface area contributed by atoms with Gasteiger partial charge in [0.2, 0.25) is 0 Å². The summed E-state index contributed by atoms with van der Waals surface area (Å²) in [5.41, 5.74) is 2.04. The number of amides is 1. The Morgan fingerprint density at radius 2 is 2.03 bits per heavy atom. The highest BCUT2D eigenvalue weighted by atomic mass is 35.5. The number of fused-ring (bicyclic) bond motifs is 2. The largest absolute Gasteiger partial charge is 0.492 e. The van der Waals surface area contributed by atoms with Crippen LogP contribution in [0.5, 0.6) is 5.75 Å².